The number of rotatable bonds is 3. The van der Waals surface area contributed by atoms with Gasteiger partial charge in [-0.15, -0.1) is 0 Å². The highest BCUT2D eigenvalue weighted by molar-refractivity contribution is 5.67. The predicted molar refractivity (Wildman–Crippen MR) is 64.9 cm³/mol. The van der Waals surface area contributed by atoms with Gasteiger partial charge in [-0.05, 0) is 32.2 Å². The highest BCUT2D eigenvalue weighted by Gasteiger charge is 2.35. The quantitative estimate of drug-likeness (QED) is 0.788. The Hall–Kier alpha value is -0.610. The molecule has 0 bridgehead atoms. The van der Waals surface area contributed by atoms with Crippen LogP contribution < -0.4 is 0 Å². The summed E-state index contributed by atoms with van der Waals surface area (Å²) >= 11 is 0. The normalized spacial score (nSPS) is 35.7. The average Bonchev–Trinajstić information content (AvgIpc) is 2.30. The van der Waals surface area contributed by atoms with E-state index in [1.807, 2.05) is 0 Å². The molecule has 0 aromatic rings. The molecule has 0 amide bonds. The van der Waals surface area contributed by atoms with Crippen molar-refractivity contribution < 1.29 is 15.0 Å². The van der Waals surface area contributed by atoms with Gasteiger partial charge in [0.15, 0.2) is 0 Å². The average molecular weight is 241 g/mol. The fourth-order valence-corrected chi connectivity index (χ4v) is 3.36. The molecule has 17 heavy (non-hydrogen) atoms. The summed E-state index contributed by atoms with van der Waals surface area (Å²) in [5.74, 6) is -0.716. The van der Waals surface area contributed by atoms with Gasteiger partial charge in [0.25, 0.3) is 0 Å². The topological polar surface area (TPSA) is 60.8 Å². The smallest absolute Gasteiger partial charge is 0.304 e. The third kappa shape index (κ3) is 3.19. The molecule has 4 heteroatoms. The molecule has 2 fully saturated rings. The molecular formula is C13H23NO3. The van der Waals surface area contributed by atoms with E-state index in [0.717, 1.165) is 51.5 Å². The number of carboxylic acids is 1. The molecule has 1 saturated carbocycles. The minimum absolute atomic E-state index is 0.138. The van der Waals surface area contributed by atoms with Crippen LogP contribution in [0.2, 0.25) is 0 Å². The van der Waals surface area contributed by atoms with Crippen LogP contribution in [0, 0.1) is 0 Å². The zero-order valence-corrected chi connectivity index (χ0v) is 10.3. The van der Waals surface area contributed by atoms with Crippen LogP contribution in [0.25, 0.3) is 0 Å². The first-order valence-corrected chi connectivity index (χ1v) is 6.84. The van der Waals surface area contributed by atoms with Crippen molar-refractivity contribution in [1.82, 2.24) is 4.90 Å². The Bertz CT molecular complexity index is 269. The van der Waals surface area contributed by atoms with Crippen LogP contribution in [0.4, 0.5) is 0 Å². The van der Waals surface area contributed by atoms with E-state index in [1.54, 1.807) is 0 Å². The molecular weight excluding hydrogens is 218 g/mol. The van der Waals surface area contributed by atoms with E-state index in [2.05, 4.69) is 4.90 Å². The third-order valence-corrected chi connectivity index (χ3v) is 4.20. The number of carboxylic acid groups (broad SMARTS) is 1. The van der Waals surface area contributed by atoms with Crippen molar-refractivity contribution in [3.05, 3.63) is 0 Å². The van der Waals surface area contributed by atoms with Crippen LogP contribution >= 0.6 is 0 Å². The maximum absolute atomic E-state index is 10.9. The van der Waals surface area contributed by atoms with Crippen molar-refractivity contribution in [1.29, 1.82) is 0 Å². The Morgan fingerprint density at radius 2 is 1.82 bits per heavy atom. The predicted octanol–water partition coefficient (Wildman–Crippen LogP) is 1.62. The summed E-state index contributed by atoms with van der Waals surface area (Å²) in [7, 11) is 0. The standard InChI is InChI=1S/C13H23NO3/c15-12-7-2-1-6-11(12)14-8-4-3-5-10(14)9-13(16)17/h10-12,15H,1-9H2,(H,16,17). The van der Waals surface area contributed by atoms with Gasteiger partial charge in [-0.2, -0.15) is 0 Å². The summed E-state index contributed by atoms with van der Waals surface area (Å²) < 4.78 is 0. The first kappa shape index (κ1) is 12.8. The summed E-state index contributed by atoms with van der Waals surface area (Å²) in [6, 6.07) is 0.340. The Morgan fingerprint density at radius 3 is 2.53 bits per heavy atom. The van der Waals surface area contributed by atoms with Gasteiger partial charge in [0.05, 0.1) is 12.5 Å². The summed E-state index contributed by atoms with van der Waals surface area (Å²) in [5.41, 5.74) is 0. The van der Waals surface area contributed by atoms with Crippen molar-refractivity contribution in [2.75, 3.05) is 6.54 Å². The second-order valence-electron chi connectivity index (χ2n) is 5.40. The second kappa shape index (κ2) is 5.83. The molecule has 2 rings (SSSR count). The second-order valence-corrected chi connectivity index (χ2v) is 5.40. The van der Waals surface area contributed by atoms with Crippen LogP contribution in [0.5, 0.6) is 0 Å². The third-order valence-electron chi connectivity index (χ3n) is 4.20. The zero-order chi connectivity index (χ0) is 12.3. The minimum atomic E-state index is -0.716. The highest BCUT2D eigenvalue weighted by atomic mass is 16.4. The summed E-state index contributed by atoms with van der Waals surface area (Å²) in [6.07, 6.45) is 7.37. The van der Waals surface area contributed by atoms with E-state index >= 15 is 0 Å². The number of aliphatic carboxylic acids is 1. The number of hydrogen-bond acceptors (Lipinski definition) is 3. The van der Waals surface area contributed by atoms with Crippen molar-refractivity contribution in [3.63, 3.8) is 0 Å². The lowest BCUT2D eigenvalue weighted by Gasteiger charge is -2.44. The number of aliphatic hydroxyl groups is 1. The van der Waals surface area contributed by atoms with Crippen LogP contribution in [-0.2, 0) is 4.79 Å². The van der Waals surface area contributed by atoms with Gasteiger partial charge in [0.2, 0.25) is 0 Å². The van der Waals surface area contributed by atoms with Gasteiger partial charge < -0.3 is 10.2 Å². The SMILES string of the molecule is O=C(O)CC1CCCCN1C1CCCCC1O. The number of piperidine rings is 1. The molecule has 1 aliphatic heterocycles. The van der Waals surface area contributed by atoms with E-state index in [1.165, 1.54) is 0 Å². The minimum Gasteiger partial charge on any atom is -0.481 e. The number of hydrogen-bond donors (Lipinski definition) is 2. The van der Waals surface area contributed by atoms with E-state index in [0.29, 0.717) is 0 Å². The highest BCUT2D eigenvalue weighted by Crippen LogP contribution is 2.30. The maximum Gasteiger partial charge on any atom is 0.304 e. The number of aliphatic hydroxyl groups excluding tert-OH is 1. The van der Waals surface area contributed by atoms with Crippen molar-refractivity contribution in [2.45, 2.75) is 69.6 Å². The Kier molecular flexibility index (Phi) is 4.40. The van der Waals surface area contributed by atoms with Gasteiger partial charge >= 0.3 is 5.97 Å². The summed E-state index contributed by atoms with van der Waals surface area (Å²) in [5, 5.41) is 19.0. The Labute approximate surface area is 103 Å². The van der Waals surface area contributed by atoms with Crippen LogP contribution in [0.3, 0.4) is 0 Å². The van der Waals surface area contributed by atoms with Crippen molar-refractivity contribution >= 4 is 5.97 Å². The molecule has 2 aliphatic rings. The zero-order valence-electron chi connectivity index (χ0n) is 10.3. The van der Waals surface area contributed by atoms with E-state index in [9.17, 15) is 9.90 Å². The van der Waals surface area contributed by atoms with Crippen molar-refractivity contribution in [3.8, 4) is 0 Å². The van der Waals surface area contributed by atoms with Crippen molar-refractivity contribution in [2.24, 2.45) is 0 Å². The summed E-state index contributed by atoms with van der Waals surface area (Å²) in [4.78, 5) is 13.2. The number of carbonyl (C=O) groups is 1. The molecule has 0 aromatic heterocycles. The number of nitrogens with zero attached hydrogens (tertiary/aromatic N) is 1. The molecule has 98 valence electrons. The lowest BCUT2D eigenvalue weighted by atomic mass is 9.87. The van der Waals surface area contributed by atoms with E-state index in [-0.39, 0.29) is 24.6 Å². The fraction of sp³-hybridized carbons (Fsp3) is 0.923. The first-order chi connectivity index (χ1) is 8.18. The fourth-order valence-electron chi connectivity index (χ4n) is 3.36. The molecule has 4 nitrogen and oxygen atoms in total. The van der Waals surface area contributed by atoms with Gasteiger partial charge in [-0.3, -0.25) is 9.69 Å². The van der Waals surface area contributed by atoms with Crippen LogP contribution in [-0.4, -0.2) is 45.8 Å². The van der Waals surface area contributed by atoms with Crippen LogP contribution in [0.15, 0.2) is 0 Å². The molecule has 1 heterocycles. The number of likely N-dealkylation sites (tertiary alicyclic amines) is 1. The largest absolute Gasteiger partial charge is 0.481 e. The molecule has 1 aliphatic carbocycles. The molecule has 3 atom stereocenters. The first-order valence-electron chi connectivity index (χ1n) is 6.84. The van der Waals surface area contributed by atoms with Crippen LogP contribution in [0.1, 0.15) is 51.4 Å². The molecule has 0 spiro atoms. The molecule has 0 radical (unpaired) electrons. The van der Waals surface area contributed by atoms with E-state index in [4.69, 9.17) is 5.11 Å². The van der Waals surface area contributed by atoms with E-state index < -0.39 is 5.97 Å². The lowest BCUT2D eigenvalue weighted by Crippen LogP contribution is -2.52. The molecule has 3 unspecified atom stereocenters. The summed E-state index contributed by atoms with van der Waals surface area (Å²) in [6.45, 7) is 0.958. The molecule has 0 aromatic carbocycles. The Morgan fingerprint density at radius 1 is 1.12 bits per heavy atom. The van der Waals surface area contributed by atoms with Gasteiger partial charge in [0, 0.05) is 12.1 Å². The Balaban J connectivity index is 2.01. The maximum atomic E-state index is 10.9. The molecule has 2 N–H and O–H groups in total. The van der Waals surface area contributed by atoms with Gasteiger partial charge in [0.1, 0.15) is 0 Å². The van der Waals surface area contributed by atoms with Gasteiger partial charge in [-0.25, -0.2) is 0 Å². The monoisotopic (exact) mass is 241 g/mol. The molecule has 1 saturated heterocycles. The van der Waals surface area contributed by atoms with Gasteiger partial charge in [-0.1, -0.05) is 19.3 Å². The lowest BCUT2D eigenvalue weighted by molar-refractivity contribution is -0.139.